The number of non-ortho nitro benzene ring substituents is 1. The molecule has 0 aliphatic rings. The average molecular weight is 423 g/mol. The summed E-state index contributed by atoms with van der Waals surface area (Å²) >= 11 is 0. The van der Waals surface area contributed by atoms with Crippen molar-refractivity contribution in [1.29, 1.82) is 0 Å². The molecule has 31 heavy (non-hydrogen) atoms. The van der Waals surface area contributed by atoms with Crippen LogP contribution in [0.15, 0.2) is 54.9 Å². The van der Waals surface area contributed by atoms with Gasteiger partial charge in [0, 0.05) is 17.8 Å². The molecular weight excluding hydrogens is 406 g/mol. The van der Waals surface area contributed by atoms with Gasteiger partial charge < -0.3 is 5.32 Å². The Bertz CT molecular complexity index is 1130. The number of nitrogens with zero attached hydrogens (tertiary/aromatic N) is 4. The Kier molecular flexibility index (Phi) is 6.30. The summed E-state index contributed by atoms with van der Waals surface area (Å²) in [7, 11) is 0. The second-order valence-electron chi connectivity index (χ2n) is 6.44. The third-order valence-electron chi connectivity index (χ3n) is 4.12. The van der Waals surface area contributed by atoms with Crippen molar-refractivity contribution in [2.24, 2.45) is 0 Å². The molecule has 0 atom stereocenters. The summed E-state index contributed by atoms with van der Waals surface area (Å²) in [6.45, 7) is 1.88. The molecule has 2 aromatic carbocycles. The van der Waals surface area contributed by atoms with Crippen molar-refractivity contribution < 1.29 is 14.6 Å². The predicted octanol–water partition coefficient (Wildman–Crippen LogP) is 3.03. The van der Waals surface area contributed by atoms with E-state index in [9.17, 15) is 25.0 Å². The van der Waals surface area contributed by atoms with Gasteiger partial charge in [-0.25, -0.2) is 9.97 Å². The summed E-state index contributed by atoms with van der Waals surface area (Å²) in [5.74, 6) is -0.764. The van der Waals surface area contributed by atoms with Crippen LogP contribution in [0.3, 0.4) is 0 Å². The standard InChI is InChI=1S/C19H17N7O5/c1-12-3-2-4-14(9-12)22-18-17(26(30)31)19(21-11-20-18)24-23-16(27)10-13-5-7-15(8-6-13)25(28)29/h2-9,11H,10H2,1H3,(H,23,27)(H2,20,21,22,24). The van der Waals surface area contributed by atoms with E-state index in [1.54, 1.807) is 18.2 Å². The van der Waals surface area contributed by atoms with Crippen LogP contribution in [0.5, 0.6) is 0 Å². The van der Waals surface area contributed by atoms with Gasteiger partial charge in [-0.1, -0.05) is 24.3 Å². The molecule has 0 unspecified atom stereocenters. The Morgan fingerprint density at radius 1 is 1.00 bits per heavy atom. The van der Waals surface area contributed by atoms with Gasteiger partial charge in [0.2, 0.25) is 17.5 Å². The number of hydrogen-bond acceptors (Lipinski definition) is 9. The van der Waals surface area contributed by atoms with Gasteiger partial charge in [-0.3, -0.25) is 35.9 Å². The Labute approximate surface area is 175 Å². The van der Waals surface area contributed by atoms with Crippen molar-refractivity contribution in [1.82, 2.24) is 15.4 Å². The molecule has 0 saturated heterocycles. The molecule has 3 aromatic rings. The smallest absolute Gasteiger partial charge is 0.334 e. The molecule has 0 aliphatic heterocycles. The molecule has 3 rings (SSSR count). The number of nitro groups is 2. The van der Waals surface area contributed by atoms with Crippen molar-refractivity contribution in [2.45, 2.75) is 13.3 Å². The summed E-state index contributed by atoms with van der Waals surface area (Å²) in [5.41, 5.74) is 6.34. The molecule has 158 valence electrons. The van der Waals surface area contributed by atoms with Crippen LogP contribution in [-0.4, -0.2) is 25.7 Å². The fraction of sp³-hybridized carbons (Fsp3) is 0.105. The minimum Gasteiger partial charge on any atom is -0.334 e. The van der Waals surface area contributed by atoms with Gasteiger partial charge in [0.1, 0.15) is 6.33 Å². The van der Waals surface area contributed by atoms with Gasteiger partial charge in [-0.15, -0.1) is 0 Å². The minimum absolute atomic E-state index is 0.0438. The van der Waals surface area contributed by atoms with Crippen LogP contribution < -0.4 is 16.2 Å². The van der Waals surface area contributed by atoms with Crippen LogP contribution in [0.4, 0.5) is 28.7 Å². The number of rotatable bonds is 8. The maximum absolute atomic E-state index is 12.2. The number of aromatic nitrogens is 2. The maximum Gasteiger partial charge on any atom is 0.355 e. The zero-order valence-corrected chi connectivity index (χ0v) is 16.2. The number of nitrogens with one attached hydrogen (secondary N) is 3. The molecule has 0 bridgehead atoms. The summed E-state index contributed by atoms with van der Waals surface area (Å²) in [5, 5.41) is 25.2. The topological polar surface area (TPSA) is 165 Å². The lowest BCUT2D eigenvalue weighted by Crippen LogP contribution is -2.31. The largest absolute Gasteiger partial charge is 0.355 e. The van der Waals surface area contributed by atoms with E-state index in [1.807, 2.05) is 13.0 Å². The summed E-state index contributed by atoms with van der Waals surface area (Å²) in [6.07, 6.45) is 1.02. The van der Waals surface area contributed by atoms with Gasteiger partial charge in [0.05, 0.1) is 16.3 Å². The van der Waals surface area contributed by atoms with E-state index in [2.05, 4.69) is 26.1 Å². The Hall–Kier alpha value is -4.61. The SMILES string of the molecule is Cc1cccc(Nc2ncnc(NNC(=O)Cc3ccc([N+](=O)[O-])cc3)c2[N+](=O)[O-])c1. The van der Waals surface area contributed by atoms with Crippen LogP contribution in [-0.2, 0) is 11.2 Å². The van der Waals surface area contributed by atoms with Crippen molar-refractivity contribution in [3.63, 3.8) is 0 Å². The number of hydrazine groups is 1. The van der Waals surface area contributed by atoms with E-state index in [-0.39, 0.29) is 23.7 Å². The van der Waals surface area contributed by atoms with Crippen molar-refractivity contribution in [3.8, 4) is 0 Å². The van der Waals surface area contributed by atoms with E-state index in [4.69, 9.17) is 0 Å². The summed E-state index contributed by atoms with van der Waals surface area (Å²) in [4.78, 5) is 41.0. The van der Waals surface area contributed by atoms with Gasteiger partial charge in [0.25, 0.3) is 5.69 Å². The molecule has 1 amide bonds. The highest BCUT2D eigenvalue weighted by Crippen LogP contribution is 2.30. The first-order chi connectivity index (χ1) is 14.8. The normalized spacial score (nSPS) is 10.2. The molecule has 12 nitrogen and oxygen atoms in total. The van der Waals surface area contributed by atoms with E-state index < -0.39 is 21.4 Å². The number of nitro benzene ring substituents is 1. The van der Waals surface area contributed by atoms with Crippen LogP contribution in [0, 0.1) is 27.2 Å². The van der Waals surface area contributed by atoms with Crippen LogP contribution in [0.2, 0.25) is 0 Å². The number of aryl methyl sites for hydroxylation is 1. The monoisotopic (exact) mass is 423 g/mol. The Morgan fingerprint density at radius 3 is 2.35 bits per heavy atom. The Balaban J connectivity index is 1.71. The third-order valence-corrected chi connectivity index (χ3v) is 4.12. The number of anilines is 3. The highest BCUT2D eigenvalue weighted by atomic mass is 16.6. The molecule has 0 aliphatic carbocycles. The zero-order valence-electron chi connectivity index (χ0n) is 16.2. The zero-order chi connectivity index (χ0) is 22.4. The van der Waals surface area contributed by atoms with Gasteiger partial charge >= 0.3 is 5.69 Å². The molecule has 1 heterocycles. The second kappa shape index (κ2) is 9.26. The van der Waals surface area contributed by atoms with Gasteiger partial charge in [-0.2, -0.15) is 0 Å². The minimum atomic E-state index is -0.664. The molecule has 0 saturated carbocycles. The molecule has 1 aromatic heterocycles. The first-order valence-corrected chi connectivity index (χ1v) is 8.95. The molecule has 3 N–H and O–H groups in total. The van der Waals surface area contributed by atoms with Crippen LogP contribution in [0.25, 0.3) is 0 Å². The number of hydrogen-bond donors (Lipinski definition) is 3. The van der Waals surface area contributed by atoms with Crippen molar-refractivity contribution in [3.05, 3.63) is 86.2 Å². The molecule has 0 radical (unpaired) electrons. The number of carbonyl (C=O) groups excluding carboxylic acids is 1. The fourth-order valence-corrected chi connectivity index (χ4v) is 2.69. The average Bonchev–Trinajstić information content (AvgIpc) is 2.72. The lowest BCUT2D eigenvalue weighted by molar-refractivity contribution is -0.384. The number of carbonyl (C=O) groups is 1. The van der Waals surface area contributed by atoms with Gasteiger partial charge in [0.15, 0.2) is 0 Å². The molecule has 12 heteroatoms. The Morgan fingerprint density at radius 2 is 1.71 bits per heavy atom. The summed E-state index contributed by atoms with van der Waals surface area (Å²) in [6, 6.07) is 12.7. The first kappa shape index (κ1) is 21.1. The quantitative estimate of drug-likeness (QED) is 0.364. The molecule has 0 spiro atoms. The molecule has 0 fully saturated rings. The fourth-order valence-electron chi connectivity index (χ4n) is 2.69. The maximum atomic E-state index is 12.2. The van der Waals surface area contributed by atoms with E-state index in [0.29, 0.717) is 11.3 Å². The van der Waals surface area contributed by atoms with E-state index in [1.165, 1.54) is 24.3 Å². The lowest BCUT2D eigenvalue weighted by atomic mass is 10.1. The summed E-state index contributed by atoms with van der Waals surface area (Å²) < 4.78 is 0. The predicted molar refractivity (Wildman–Crippen MR) is 112 cm³/mol. The first-order valence-electron chi connectivity index (χ1n) is 8.95. The van der Waals surface area contributed by atoms with E-state index >= 15 is 0 Å². The van der Waals surface area contributed by atoms with Crippen molar-refractivity contribution in [2.75, 3.05) is 10.7 Å². The number of amides is 1. The highest BCUT2D eigenvalue weighted by molar-refractivity contribution is 5.81. The highest BCUT2D eigenvalue weighted by Gasteiger charge is 2.23. The lowest BCUT2D eigenvalue weighted by Gasteiger charge is -2.11. The molecular formula is C19H17N7O5. The van der Waals surface area contributed by atoms with Crippen LogP contribution >= 0.6 is 0 Å². The second-order valence-corrected chi connectivity index (χ2v) is 6.44. The van der Waals surface area contributed by atoms with Crippen molar-refractivity contribution >= 4 is 34.6 Å². The van der Waals surface area contributed by atoms with Crippen LogP contribution in [0.1, 0.15) is 11.1 Å². The number of benzene rings is 2. The third kappa shape index (κ3) is 5.47. The van der Waals surface area contributed by atoms with E-state index in [0.717, 1.165) is 11.9 Å². The van der Waals surface area contributed by atoms with Gasteiger partial charge in [-0.05, 0) is 30.2 Å².